The second-order valence-corrected chi connectivity index (χ2v) is 4.84. The average Bonchev–Trinajstić information content (AvgIpc) is 2.30. The van der Waals surface area contributed by atoms with Crippen molar-refractivity contribution < 1.29 is 5.11 Å². The molecule has 2 nitrogen and oxygen atoms in total. The zero-order valence-corrected chi connectivity index (χ0v) is 11.3. The van der Waals surface area contributed by atoms with E-state index in [2.05, 4.69) is 19.2 Å². The Morgan fingerprint density at radius 2 is 1.50 bits per heavy atom. The second-order valence-electron chi connectivity index (χ2n) is 4.84. The molecule has 0 aromatic heterocycles. The van der Waals surface area contributed by atoms with Crippen LogP contribution in [-0.4, -0.2) is 24.3 Å². The van der Waals surface area contributed by atoms with Crippen molar-refractivity contribution in [3.8, 4) is 0 Å². The van der Waals surface area contributed by atoms with E-state index in [-0.39, 0.29) is 6.61 Å². The van der Waals surface area contributed by atoms with Gasteiger partial charge in [-0.05, 0) is 13.3 Å². The molecule has 0 saturated carbocycles. The summed E-state index contributed by atoms with van der Waals surface area (Å²) < 4.78 is 0. The average molecular weight is 229 g/mol. The van der Waals surface area contributed by atoms with E-state index in [1.165, 1.54) is 57.8 Å². The van der Waals surface area contributed by atoms with Gasteiger partial charge in [0.2, 0.25) is 0 Å². The van der Waals surface area contributed by atoms with Gasteiger partial charge < -0.3 is 10.4 Å². The molecule has 0 saturated heterocycles. The van der Waals surface area contributed by atoms with Crippen LogP contribution in [0.25, 0.3) is 0 Å². The lowest BCUT2D eigenvalue weighted by Crippen LogP contribution is -2.28. The van der Waals surface area contributed by atoms with Gasteiger partial charge in [-0.1, -0.05) is 58.3 Å². The molecule has 0 fully saturated rings. The third-order valence-corrected chi connectivity index (χ3v) is 3.10. The molecule has 0 rings (SSSR count). The molecule has 0 aromatic rings. The van der Waals surface area contributed by atoms with Crippen molar-refractivity contribution in [3.63, 3.8) is 0 Å². The van der Waals surface area contributed by atoms with E-state index in [1.54, 1.807) is 0 Å². The first kappa shape index (κ1) is 15.9. The summed E-state index contributed by atoms with van der Waals surface area (Å²) in [6, 6.07) is 0.562. The van der Waals surface area contributed by atoms with Crippen molar-refractivity contribution in [1.82, 2.24) is 5.32 Å². The Bertz CT molecular complexity index is 128. The molecular formula is C14H31NO. The number of rotatable bonds is 12. The van der Waals surface area contributed by atoms with Gasteiger partial charge in [0, 0.05) is 12.6 Å². The van der Waals surface area contributed by atoms with Crippen molar-refractivity contribution in [2.45, 2.75) is 77.7 Å². The SMILES string of the molecule is CCCCCCCCCCC(C)NCCO. The van der Waals surface area contributed by atoms with Crippen LogP contribution in [0.3, 0.4) is 0 Å². The third kappa shape index (κ3) is 12.0. The fourth-order valence-corrected chi connectivity index (χ4v) is 2.00. The maximum Gasteiger partial charge on any atom is 0.0556 e. The largest absolute Gasteiger partial charge is 0.395 e. The highest BCUT2D eigenvalue weighted by Gasteiger charge is 1.99. The van der Waals surface area contributed by atoms with E-state index >= 15 is 0 Å². The maximum absolute atomic E-state index is 8.67. The van der Waals surface area contributed by atoms with Gasteiger partial charge in [-0.25, -0.2) is 0 Å². The molecule has 1 unspecified atom stereocenters. The number of hydrogen-bond donors (Lipinski definition) is 2. The van der Waals surface area contributed by atoms with Crippen LogP contribution in [0, 0.1) is 0 Å². The molecule has 0 aliphatic rings. The molecule has 98 valence electrons. The highest BCUT2D eigenvalue weighted by Crippen LogP contribution is 2.10. The summed E-state index contributed by atoms with van der Waals surface area (Å²) in [7, 11) is 0. The summed E-state index contributed by atoms with van der Waals surface area (Å²) in [5.41, 5.74) is 0. The molecule has 16 heavy (non-hydrogen) atoms. The minimum Gasteiger partial charge on any atom is -0.395 e. The highest BCUT2D eigenvalue weighted by atomic mass is 16.3. The van der Waals surface area contributed by atoms with Gasteiger partial charge >= 0.3 is 0 Å². The van der Waals surface area contributed by atoms with Crippen molar-refractivity contribution >= 4 is 0 Å². The summed E-state index contributed by atoms with van der Waals surface area (Å²) >= 11 is 0. The summed E-state index contributed by atoms with van der Waals surface area (Å²) in [5, 5.41) is 12.0. The van der Waals surface area contributed by atoms with Crippen LogP contribution in [0.4, 0.5) is 0 Å². The van der Waals surface area contributed by atoms with E-state index in [1.807, 2.05) is 0 Å². The molecule has 0 spiro atoms. The first-order chi connectivity index (χ1) is 7.81. The lowest BCUT2D eigenvalue weighted by molar-refractivity contribution is 0.283. The summed E-state index contributed by atoms with van der Waals surface area (Å²) in [6.45, 7) is 5.46. The number of aliphatic hydroxyl groups excluding tert-OH is 1. The van der Waals surface area contributed by atoms with Gasteiger partial charge in [0.15, 0.2) is 0 Å². The van der Waals surface area contributed by atoms with Crippen LogP contribution in [0.1, 0.15) is 71.6 Å². The van der Waals surface area contributed by atoms with Gasteiger partial charge in [-0.15, -0.1) is 0 Å². The minimum absolute atomic E-state index is 0.252. The lowest BCUT2D eigenvalue weighted by Gasteiger charge is -2.12. The van der Waals surface area contributed by atoms with E-state index in [4.69, 9.17) is 5.11 Å². The van der Waals surface area contributed by atoms with Crippen molar-refractivity contribution in [2.75, 3.05) is 13.2 Å². The molecule has 2 heteroatoms. The van der Waals surface area contributed by atoms with Gasteiger partial charge in [-0.3, -0.25) is 0 Å². The topological polar surface area (TPSA) is 32.3 Å². The van der Waals surface area contributed by atoms with Crippen molar-refractivity contribution in [2.24, 2.45) is 0 Å². The van der Waals surface area contributed by atoms with E-state index in [9.17, 15) is 0 Å². The number of unbranched alkanes of at least 4 members (excludes halogenated alkanes) is 7. The Morgan fingerprint density at radius 1 is 0.938 bits per heavy atom. The summed E-state index contributed by atoms with van der Waals surface area (Å²) in [4.78, 5) is 0. The molecule has 0 aromatic carbocycles. The molecule has 0 heterocycles. The molecule has 0 bridgehead atoms. The Morgan fingerprint density at radius 3 is 2.06 bits per heavy atom. The molecule has 0 aliphatic carbocycles. The highest BCUT2D eigenvalue weighted by molar-refractivity contribution is 4.60. The molecule has 1 atom stereocenters. The molecule has 2 N–H and O–H groups in total. The normalized spacial score (nSPS) is 12.9. The van der Waals surface area contributed by atoms with Crippen LogP contribution in [-0.2, 0) is 0 Å². The second kappa shape index (κ2) is 13.0. The lowest BCUT2D eigenvalue weighted by atomic mass is 10.1. The number of nitrogens with one attached hydrogen (secondary N) is 1. The summed E-state index contributed by atoms with van der Waals surface area (Å²) in [5.74, 6) is 0. The van der Waals surface area contributed by atoms with Crippen molar-refractivity contribution in [1.29, 1.82) is 0 Å². The van der Waals surface area contributed by atoms with Crippen LogP contribution >= 0.6 is 0 Å². The van der Waals surface area contributed by atoms with Crippen LogP contribution in [0.2, 0.25) is 0 Å². The summed E-state index contributed by atoms with van der Waals surface area (Å²) in [6.07, 6.45) is 12.3. The predicted octanol–water partition coefficient (Wildman–Crippen LogP) is 3.49. The van der Waals surface area contributed by atoms with Crippen molar-refractivity contribution in [3.05, 3.63) is 0 Å². The fourth-order valence-electron chi connectivity index (χ4n) is 2.00. The van der Waals surface area contributed by atoms with Crippen LogP contribution in [0.5, 0.6) is 0 Å². The van der Waals surface area contributed by atoms with Crippen LogP contribution in [0.15, 0.2) is 0 Å². The quantitative estimate of drug-likeness (QED) is 0.502. The zero-order chi connectivity index (χ0) is 12.1. The van der Waals surface area contributed by atoms with E-state index < -0.39 is 0 Å². The number of hydrogen-bond acceptors (Lipinski definition) is 2. The molecule has 0 amide bonds. The first-order valence-corrected chi connectivity index (χ1v) is 7.15. The predicted molar refractivity (Wildman–Crippen MR) is 71.8 cm³/mol. The van der Waals surface area contributed by atoms with Gasteiger partial charge in [0.25, 0.3) is 0 Å². The van der Waals surface area contributed by atoms with E-state index in [0.717, 1.165) is 6.54 Å². The maximum atomic E-state index is 8.67. The fraction of sp³-hybridized carbons (Fsp3) is 1.00. The van der Waals surface area contributed by atoms with Gasteiger partial charge in [-0.2, -0.15) is 0 Å². The third-order valence-electron chi connectivity index (χ3n) is 3.10. The van der Waals surface area contributed by atoms with Gasteiger partial charge in [0.05, 0.1) is 6.61 Å². The Balaban J connectivity index is 3.02. The Hall–Kier alpha value is -0.0800. The number of aliphatic hydroxyl groups is 1. The minimum atomic E-state index is 0.252. The van der Waals surface area contributed by atoms with E-state index in [0.29, 0.717) is 6.04 Å². The smallest absolute Gasteiger partial charge is 0.0556 e. The van der Waals surface area contributed by atoms with Gasteiger partial charge in [0.1, 0.15) is 0 Å². The first-order valence-electron chi connectivity index (χ1n) is 7.15. The van der Waals surface area contributed by atoms with Crippen LogP contribution < -0.4 is 5.32 Å². The zero-order valence-electron chi connectivity index (χ0n) is 11.3. The standard InChI is InChI=1S/C14H31NO/c1-3-4-5-6-7-8-9-10-11-14(2)15-12-13-16/h14-16H,3-13H2,1-2H3. The molecular weight excluding hydrogens is 198 g/mol. The Labute approximate surface area is 102 Å². The Kier molecular flexibility index (Phi) is 12.9. The molecule has 0 aliphatic heterocycles. The monoisotopic (exact) mass is 229 g/mol. The molecule has 0 radical (unpaired) electrons.